The normalized spacial score (nSPS) is 15.2. The number of aromatic nitrogens is 1. The number of nitrogens with one attached hydrogen (secondary N) is 1. The topological polar surface area (TPSA) is 61.6 Å². The Balaban J connectivity index is 1.44. The number of halogens is 1. The van der Waals surface area contributed by atoms with Crippen LogP contribution in [0.4, 0.5) is 21.5 Å². The number of ketones is 1. The Morgan fingerprint density at radius 1 is 0.941 bits per heavy atom. The van der Waals surface area contributed by atoms with E-state index in [-0.39, 0.29) is 17.6 Å². The van der Waals surface area contributed by atoms with Crippen LogP contribution in [0.1, 0.15) is 29.8 Å². The number of anilines is 3. The van der Waals surface area contributed by atoms with Crippen LogP contribution in [0.3, 0.4) is 0 Å². The molecule has 1 saturated heterocycles. The summed E-state index contributed by atoms with van der Waals surface area (Å²) in [5.41, 5.74) is 5.07. The molecular formula is C27H25FN4O2. The minimum Gasteiger partial charge on any atom is -0.382 e. The Morgan fingerprint density at radius 2 is 1.59 bits per heavy atom. The quantitative estimate of drug-likeness (QED) is 0.395. The molecule has 2 aliphatic rings. The maximum Gasteiger partial charge on any atom is 0.196 e. The van der Waals surface area contributed by atoms with Gasteiger partial charge in [-0.15, -0.1) is 0 Å². The van der Waals surface area contributed by atoms with Crippen LogP contribution >= 0.6 is 0 Å². The standard InChI is InChI=1S/C27H25FN4O2/c1-16(2)29-20-15-22(32-13-11-31(12-14-32)21-10-6-5-9-19(21)28)25-24-23(20)26(33)17-7-3-4-8-18(17)27(24)34-30-25/h3-10,15-16,29H,11-14H2,1-2H3. The van der Waals surface area contributed by atoms with Crippen LogP contribution in [-0.4, -0.2) is 43.2 Å². The summed E-state index contributed by atoms with van der Waals surface area (Å²) in [5, 5.41) is 8.68. The SMILES string of the molecule is CC(C)Nc1cc(N2CCN(c3ccccc3F)CC2)c2noc3c2c1C(=O)c1ccccc1-3. The lowest BCUT2D eigenvalue weighted by Crippen LogP contribution is -2.47. The zero-order valence-electron chi connectivity index (χ0n) is 19.1. The summed E-state index contributed by atoms with van der Waals surface area (Å²) in [6.07, 6.45) is 0. The molecule has 0 bridgehead atoms. The molecule has 6 nitrogen and oxygen atoms in total. The molecule has 7 heteroatoms. The molecule has 0 amide bonds. The molecule has 1 aliphatic heterocycles. The summed E-state index contributed by atoms with van der Waals surface area (Å²) in [6.45, 7) is 6.89. The summed E-state index contributed by atoms with van der Waals surface area (Å²) in [4.78, 5) is 17.9. The van der Waals surface area contributed by atoms with Gasteiger partial charge in [0.05, 0.1) is 22.3 Å². The molecule has 0 radical (unpaired) electrons. The third kappa shape index (κ3) is 3.15. The van der Waals surface area contributed by atoms with Crippen molar-refractivity contribution in [3.63, 3.8) is 0 Å². The van der Waals surface area contributed by atoms with Gasteiger partial charge in [-0.25, -0.2) is 4.39 Å². The van der Waals surface area contributed by atoms with Gasteiger partial charge in [-0.05, 0) is 32.0 Å². The highest BCUT2D eigenvalue weighted by atomic mass is 19.1. The number of para-hydroxylation sites is 1. The minimum atomic E-state index is -0.202. The van der Waals surface area contributed by atoms with Gasteiger partial charge in [-0.1, -0.05) is 41.6 Å². The summed E-state index contributed by atoms with van der Waals surface area (Å²) < 4.78 is 20.2. The van der Waals surface area contributed by atoms with Gasteiger partial charge in [0, 0.05) is 49.0 Å². The van der Waals surface area contributed by atoms with Crippen LogP contribution < -0.4 is 15.1 Å². The number of hydrogen-bond donors (Lipinski definition) is 1. The van der Waals surface area contributed by atoms with Crippen molar-refractivity contribution >= 4 is 33.7 Å². The monoisotopic (exact) mass is 456 g/mol. The summed E-state index contributed by atoms with van der Waals surface area (Å²) in [5.74, 6) is 0.417. The van der Waals surface area contributed by atoms with Crippen molar-refractivity contribution in [2.75, 3.05) is 41.3 Å². The van der Waals surface area contributed by atoms with Gasteiger partial charge in [0.2, 0.25) is 0 Å². The molecule has 1 aliphatic carbocycles. The van der Waals surface area contributed by atoms with Crippen LogP contribution in [0.15, 0.2) is 59.1 Å². The van der Waals surface area contributed by atoms with Gasteiger partial charge < -0.3 is 19.6 Å². The lowest BCUT2D eigenvalue weighted by atomic mass is 9.86. The summed E-state index contributed by atoms with van der Waals surface area (Å²) in [6, 6.07) is 16.6. The molecule has 0 spiro atoms. The zero-order valence-corrected chi connectivity index (χ0v) is 19.1. The fourth-order valence-corrected chi connectivity index (χ4v) is 5.10. The highest BCUT2D eigenvalue weighted by Gasteiger charge is 2.34. The van der Waals surface area contributed by atoms with E-state index >= 15 is 0 Å². The highest BCUT2D eigenvalue weighted by Crippen LogP contribution is 2.46. The fraction of sp³-hybridized carbons (Fsp3) is 0.259. The van der Waals surface area contributed by atoms with E-state index in [1.807, 2.05) is 42.5 Å². The lowest BCUT2D eigenvalue weighted by Gasteiger charge is -2.37. The van der Waals surface area contributed by atoms with E-state index in [0.29, 0.717) is 54.3 Å². The number of hydrogen-bond acceptors (Lipinski definition) is 6. The minimum absolute atomic E-state index is 0.0182. The van der Waals surface area contributed by atoms with Crippen LogP contribution in [0.2, 0.25) is 0 Å². The van der Waals surface area contributed by atoms with Crippen LogP contribution in [0.25, 0.3) is 22.2 Å². The summed E-state index contributed by atoms with van der Waals surface area (Å²) in [7, 11) is 0. The van der Waals surface area contributed by atoms with Crippen molar-refractivity contribution in [1.82, 2.24) is 5.16 Å². The van der Waals surface area contributed by atoms with E-state index in [2.05, 4.69) is 34.1 Å². The van der Waals surface area contributed by atoms with Gasteiger partial charge >= 0.3 is 0 Å². The second-order valence-electron chi connectivity index (χ2n) is 9.15. The zero-order chi connectivity index (χ0) is 23.4. The number of carbonyl (C=O) groups is 1. The molecule has 3 aromatic carbocycles. The molecule has 2 heterocycles. The fourth-order valence-electron chi connectivity index (χ4n) is 5.10. The van der Waals surface area contributed by atoms with E-state index in [1.54, 1.807) is 6.07 Å². The third-order valence-electron chi connectivity index (χ3n) is 6.64. The van der Waals surface area contributed by atoms with Gasteiger partial charge in [-0.3, -0.25) is 4.79 Å². The number of rotatable bonds is 4. The first kappa shape index (κ1) is 20.7. The highest BCUT2D eigenvalue weighted by molar-refractivity contribution is 6.28. The molecule has 0 atom stereocenters. The molecule has 34 heavy (non-hydrogen) atoms. The Hall–Kier alpha value is -3.87. The number of fused-ring (bicyclic) bond motifs is 2. The second kappa shape index (κ2) is 7.87. The maximum atomic E-state index is 14.3. The first-order valence-corrected chi connectivity index (χ1v) is 11.6. The largest absolute Gasteiger partial charge is 0.382 e. The van der Waals surface area contributed by atoms with Crippen molar-refractivity contribution in [3.8, 4) is 11.3 Å². The number of carbonyl (C=O) groups excluding carboxylic acids is 1. The molecule has 172 valence electrons. The molecule has 0 unspecified atom stereocenters. The van der Waals surface area contributed by atoms with Crippen molar-refractivity contribution < 1.29 is 13.7 Å². The maximum absolute atomic E-state index is 14.3. The molecule has 1 aromatic heterocycles. The van der Waals surface area contributed by atoms with E-state index in [9.17, 15) is 9.18 Å². The van der Waals surface area contributed by atoms with Gasteiger partial charge in [0.25, 0.3) is 0 Å². The number of nitrogens with zero attached hydrogens (tertiary/aromatic N) is 3. The Labute approximate surface area is 196 Å². The molecule has 1 N–H and O–H groups in total. The third-order valence-corrected chi connectivity index (χ3v) is 6.64. The second-order valence-corrected chi connectivity index (χ2v) is 9.15. The molecule has 4 aromatic rings. The van der Waals surface area contributed by atoms with Crippen molar-refractivity contribution in [2.24, 2.45) is 0 Å². The first-order chi connectivity index (χ1) is 16.5. The van der Waals surface area contributed by atoms with E-state index in [4.69, 9.17) is 4.52 Å². The molecule has 1 fully saturated rings. The van der Waals surface area contributed by atoms with Crippen LogP contribution in [0, 0.1) is 5.82 Å². The van der Waals surface area contributed by atoms with Gasteiger partial charge in [-0.2, -0.15) is 0 Å². The van der Waals surface area contributed by atoms with E-state index in [0.717, 1.165) is 22.3 Å². The smallest absolute Gasteiger partial charge is 0.196 e. The molecule has 0 saturated carbocycles. The van der Waals surface area contributed by atoms with Gasteiger partial charge in [0.1, 0.15) is 11.3 Å². The van der Waals surface area contributed by atoms with Crippen LogP contribution in [-0.2, 0) is 0 Å². The van der Waals surface area contributed by atoms with E-state index in [1.165, 1.54) is 6.07 Å². The van der Waals surface area contributed by atoms with Crippen molar-refractivity contribution in [2.45, 2.75) is 19.9 Å². The Kier molecular flexibility index (Phi) is 4.79. The number of piperazine rings is 1. The summed E-state index contributed by atoms with van der Waals surface area (Å²) >= 11 is 0. The molecule has 6 rings (SSSR count). The first-order valence-electron chi connectivity index (χ1n) is 11.6. The molecular weight excluding hydrogens is 431 g/mol. The van der Waals surface area contributed by atoms with Crippen molar-refractivity contribution in [1.29, 1.82) is 0 Å². The predicted octanol–water partition coefficient (Wildman–Crippen LogP) is 5.33. The Morgan fingerprint density at radius 3 is 2.29 bits per heavy atom. The van der Waals surface area contributed by atoms with Crippen LogP contribution in [0.5, 0.6) is 0 Å². The Bertz CT molecular complexity index is 1420. The van der Waals surface area contributed by atoms with Gasteiger partial charge in [0.15, 0.2) is 11.5 Å². The average Bonchev–Trinajstić information content (AvgIpc) is 3.28. The number of benzene rings is 3. The lowest BCUT2D eigenvalue weighted by molar-refractivity contribution is 0.104. The van der Waals surface area contributed by atoms with Crippen molar-refractivity contribution in [3.05, 3.63) is 71.5 Å². The predicted molar refractivity (Wildman–Crippen MR) is 132 cm³/mol. The van der Waals surface area contributed by atoms with E-state index < -0.39 is 0 Å². The average molecular weight is 457 g/mol.